The van der Waals surface area contributed by atoms with Crippen LogP contribution in [0.4, 0.5) is 19.0 Å². The first-order valence-corrected chi connectivity index (χ1v) is 13.4. The Labute approximate surface area is 217 Å². The lowest BCUT2D eigenvalue weighted by Gasteiger charge is -2.35. The van der Waals surface area contributed by atoms with Gasteiger partial charge < -0.3 is 15.7 Å². The molecule has 1 saturated heterocycles. The number of piperidine rings is 1. The fourth-order valence-electron chi connectivity index (χ4n) is 4.85. The summed E-state index contributed by atoms with van der Waals surface area (Å²) in [7, 11) is -3.89. The maximum Gasteiger partial charge on any atom is 0.417 e. The number of β-amino-alcohol motifs (C(OH)–C–C–N with tert-alkyl or cyclic N) is 1. The van der Waals surface area contributed by atoms with Crippen molar-refractivity contribution in [2.75, 3.05) is 18.4 Å². The van der Waals surface area contributed by atoms with Gasteiger partial charge in [0.1, 0.15) is 5.82 Å². The number of hydrogen-bond acceptors (Lipinski definition) is 6. The summed E-state index contributed by atoms with van der Waals surface area (Å²) in [6, 6.07) is 11.8. The van der Waals surface area contributed by atoms with Gasteiger partial charge in [0.25, 0.3) is 5.91 Å². The second-order valence-electron chi connectivity index (χ2n) is 9.43. The third-order valence-corrected chi connectivity index (χ3v) is 8.76. The Kier molecular flexibility index (Phi) is 6.66. The number of hydrogen-bond donors (Lipinski definition) is 3. The first kappa shape index (κ1) is 26.1. The van der Waals surface area contributed by atoms with E-state index in [1.807, 2.05) is 19.1 Å². The average molecular weight is 547 g/mol. The molecule has 3 aromatic rings. The number of fused-ring (bicyclic) bond motifs is 1. The number of anilines is 1. The van der Waals surface area contributed by atoms with Crippen molar-refractivity contribution in [1.29, 1.82) is 0 Å². The van der Waals surface area contributed by atoms with Gasteiger partial charge in [0.15, 0.2) is 0 Å². The zero-order valence-corrected chi connectivity index (χ0v) is 21.1. The predicted octanol–water partition coefficient (Wildman–Crippen LogP) is 3.56. The number of alkyl halides is 3. The van der Waals surface area contributed by atoms with Gasteiger partial charge in [-0.2, -0.15) is 17.5 Å². The number of sulfonamides is 1. The standard InChI is InChI=1S/C26H25F3N4O4S/c1-15-10-17(11-18-12-31-25(35)24(15)18)16-2-5-20(6-3-16)38(36,37)33-9-8-21(22(34)14-33)32-23-7-4-19(13-30-23)26(27,28)29/h2-7,10-11,13,21-22,34H,8-9,12,14H2,1H3,(H,30,32)(H,31,35)/t21-,22+/m1/s1. The van der Waals surface area contributed by atoms with E-state index in [1.54, 1.807) is 12.1 Å². The van der Waals surface area contributed by atoms with Crippen LogP contribution < -0.4 is 10.6 Å². The van der Waals surface area contributed by atoms with Crippen LogP contribution in [0.3, 0.4) is 0 Å². The van der Waals surface area contributed by atoms with Crippen molar-refractivity contribution in [3.05, 3.63) is 77.0 Å². The Bertz CT molecular complexity index is 1480. The zero-order valence-electron chi connectivity index (χ0n) is 20.3. The number of benzene rings is 2. The largest absolute Gasteiger partial charge is 0.417 e. The minimum Gasteiger partial charge on any atom is -0.390 e. The molecule has 5 rings (SSSR count). The molecule has 1 fully saturated rings. The Hall–Kier alpha value is -3.48. The highest BCUT2D eigenvalue weighted by atomic mass is 32.2. The predicted molar refractivity (Wildman–Crippen MR) is 134 cm³/mol. The van der Waals surface area contributed by atoms with Gasteiger partial charge in [0.05, 0.1) is 22.6 Å². The van der Waals surface area contributed by atoms with E-state index in [0.717, 1.165) is 28.3 Å². The molecular formula is C26H25F3N4O4S. The highest BCUT2D eigenvalue weighted by Gasteiger charge is 2.35. The lowest BCUT2D eigenvalue weighted by Crippen LogP contribution is -2.51. The van der Waals surface area contributed by atoms with Crippen molar-refractivity contribution in [2.24, 2.45) is 0 Å². The Balaban J connectivity index is 1.26. The van der Waals surface area contributed by atoms with Crippen LogP contribution in [0, 0.1) is 6.92 Å². The van der Waals surface area contributed by atoms with Gasteiger partial charge in [0.2, 0.25) is 10.0 Å². The van der Waals surface area contributed by atoms with Crippen molar-refractivity contribution in [1.82, 2.24) is 14.6 Å². The molecule has 38 heavy (non-hydrogen) atoms. The number of aliphatic hydroxyl groups is 1. The Morgan fingerprint density at radius 2 is 1.84 bits per heavy atom. The summed E-state index contributed by atoms with van der Waals surface area (Å²) in [5, 5.41) is 16.3. The van der Waals surface area contributed by atoms with Crippen molar-refractivity contribution < 1.29 is 31.5 Å². The molecule has 1 aromatic heterocycles. The van der Waals surface area contributed by atoms with Crippen molar-refractivity contribution in [3.63, 3.8) is 0 Å². The molecule has 2 aliphatic heterocycles. The molecule has 1 amide bonds. The van der Waals surface area contributed by atoms with E-state index in [4.69, 9.17) is 0 Å². The topological polar surface area (TPSA) is 112 Å². The number of pyridine rings is 1. The normalized spacial score (nSPS) is 20.2. The van der Waals surface area contributed by atoms with Crippen LogP contribution in [0.1, 0.15) is 33.5 Å². The van der Waals surface area contributed by atoms with E-state index in [2.05, 4.69) is 15.6 Å². The monoisotopic (exact) mass is 546 g/mol. The number of nitrogens with zero attached hydrogens (tertiary/aromatic N) is 2. The molecule has 0 saturated carbocycles. The summed E-state index contributed by atoms with van der Waals surface area (Å²) in [4.78, 5) is 15.8. The third-order valence-electron chi connectivity index (χ3n) is 6.88. The van der Waals surface area contributed by atoms with Gasteiger partial charge in [-0.05, 0) is 65.9 Å². The maximum atomic E-state index is 13.3. The number of amides is 1. The van der Waals surface area contributed by atoms with E-state index in [-0.39, 0.29) is 36.1 Å². The Morgan fingerprint density at radius 3 is 2.47 bits per heavy atom. The highest BCUT2D eigenvalue weighted by Crippen LogP contribution is 2.31. The van der Waals surface area contributed by atoms with Gasteiger partial charge in [-0.1, -0.05) is 18.2 Å². The molecule has 0 bridgehead atoms. The van der Waals surface area contributed by atoms with Gasteiger partial charge in [0, 0.05) is 31.4 Å². The summed E-state index contributed by atoms with van der Waals surface area (Å²) in [5.74, 6) is 0.0677. The minimum atomic E-state index is -4.50. The Morgan fingerprint density at radius 1 is 1.11 bits per heavy atom. The summed E-state index contributed by atoms with van der Waals surface area (Å²) in [6.45, 7) is 2.26. The molecule has 3 heterocycles. The highest BCUT2D eigenvalue weighted by molar-refractivity contribution is 7.89. The van der Waals surface area contributed by atoms with Crippen LogP contribution in [0.5, 0.6) is 0 Å². The van der Waals surface area contributed by atoms with Crippen molar-refractivity contribution in [3.8, 4) is 11.1 Å². The van der Waals surface area contributed by atoms with E-state index in [1.165, 1.54) is 22.5 Å². The number of rotatable bonds is 5. The van der Waals surface area contributed by atoms with E-state index < -0.39 is 33.9 Å². The zero-order chi connectivity index (χ0) is 27.2. The molecule has 0 spiro atoms. The van der Waals surface area contributed by atoms with E-state index in [9.17, 15) is 31.5 Å². The molecule has 0 aliphatic carbocycles. The minimum absolute atomic E-state index is 0.0824. The van der Waals surface area contributed by atoms with Crippen molar-refractivity contribution in [2.45, 2.75) is 43.1 Å². The SMILES string of the molecule is Cc1cc(-c2ccc(S(=O)(=O)N3CC[C@@H](Nc4ccc(C(F)(F)F)cn4)[C@@H](O)C3)cc2)cc2c1C(=O)NC2. The molecule has 3 N–H and O–H groups in total. The van der Waals surface area contributed by atoms with E-state index in [0.29, 0.717) is 18.3 Å². The number of aromatic nitrogens is 1. The van der Waals surface area contributed by atoms with Crippen LogP contribution in [0.25, 0.3) is 11.1 Å². The van der Waals surface area contributed by atoms with Crippen LogP contribution in [0.2, 0.25) is 0 Å². The molecule has 0 radical (unpaired) electrons. The summed E-state index contributed by atoms with van der Waals surface area (Å²) in [6.07, 6.45) is -4.64. The number of halogens is 3. The number of carbonyl (C=O) groups is 1. The number of nitrogens with one attached hydrogen (secondary N) is 2. The molecule has 8 nitrogen and oxygen atoms in total. The smallest absolute Gasteiger partial charge is 0.390 e. The average Bonchev–Trinajstić information content (AvgIpc) is 3.26. The van der Waals surface area contributed by atoms with Gasteiger partial charge in [-0.15, -0.1) is 0 Å². The lowest BCUT2D eigenvalue weighted by molar-refractivity contribution is -0.137. The molecule has 200 valence electrons. The fraction of sp³-hybridized carbons (Fsp3) is 0.308. The van der Waals surface area contributed by atoms with Gasteiger partial charge in [-0.25, -0.2) is 13.4 Å². The number of aryl methyl sites for hydroxylation is 1. The molecule has 2 aliphatic rings. The first-order chi connectivity index (χ1) is 17.9. The second kappa shape index (κ2) is 9.68. The number of aliphatic hydroxyl groups excluding tert-OH is 1. The van der Waals surface area contributed by atoms with E-state index >= 15 is 0 Å². The molecule has 2 aromatic carbocycles. The summed E-state index contributed by atoms with van der Waals surface area (Å²) < 4.78 is 65.9. The van der Waals surface area contributed by atoms with Crippen LogP contribution in [-0.4, -0.2) is 54.0 Å². The maximum absolute atomic E-state index is 13.3. The quantitative estimate of drug-likeness (QED) is 0.452. The molecule has 12 heteroatoms. The van der Waals surface area contributed by atoms with Crippen molar-refractivity contribution >= 4 is 21.7 Å². The van der Waals surface area contributed by atoms with Crippen LogP contribution in [0.15, 0.2) is 59.6 Å². The lowest BCUT2D eigenvalue weighted by atomic mass is 9.96. The second-order valence-corrected chi connectivity index (χ2v) is 11.4. The summed E-state index contributed by atoms with van der Waals surface area (Å²) in [5.41, 5.74) is 3.23. The molecule has 2 atom stereocenters. The van der Waals surface area contributed by atoms with Crippen LogP contribution >= 0.6 is 0 Å². The van der Waals surface area contributed by atoms with Gasteiger partial charge >= 0.3 is 6.18 Å². The third kappa shape index (κ3) is 4.98. The number of carbonyl (C=O) groups excluding carboxylic acids is 1. The van der Waals surface area contributed by atoms with Gasteiger partial charge in [-0.3, -0.25) is 4.79 Å². The molecule has 0 unspecified atom stereocenters. The summed E-state index contributed by atoms with van der Waals surface area (Å²) >= 11 is 0. The van der Waals surface area contributed by atoms with Crippen LogP contribution in [-0.2, 0) is 22.7 Å². The first-order valence-electron chi connectivity index (χ1n) is 11.9. The molecular weight excluding hydrogens is 521 g/mol. The fourth-order valence-corrected chi connectivity index (χ4v) is 6.32.